The molecule has 0 fully saturated rings. The number of nitrogens with one attached hydrogen (secondary N) is 2. The Labute approximate surface area is 194 Å². The van der Waals surface area contributed by atoms with Crippen LogP contribution in [-0.4, -0.2) is 71.5 Å². The number of hydrogen-bond donors (Lipinski definition) is 6. The van der Waals surface area contributed by atoms with Gasteiger partial charge in [-0.3, -0.25) is 9.59 Å². The molecule has 2 rings (SSSR count). The smallest absolute Gasteiger partial charge is 0.341 e. The zero-order chi connectivity index (χ0) is 26.0. The zero-order valence-electron chi connectivity index (χ0n) is 19.0. The fourth-order valence-electron chi connectivity index (χ4n) is 2.59. The van der Waals surface area contributed by atoms with Crippen LogP contribution in [0.15, 0.2) is 24.3 Å². The molecule has 0 spiro atoms. The second kappa shape index (κ2) is 12.5. The molecule has 2 aromatic carbocycles. The molecule has 0 saturated carbocycles. The Morgan fingerprint density at radius 3 is 1.15 bits per heavy atom. The van der Waals surface area contributed by atoms with E-state index < -0.39 is 46.8 Å². The van der Waals surface area contributed by atoms with Crippen molar-refractivity contribution in [1.82, 2.24) is 10.6 Å². The van der Waals surface area contributed by atoms with E-state index in [2.05, 4.69) is 20.1 Å². The molecule has 0 aliphatic rings. The average molecular weight is 478 g/mol. The number of amides is 2. The number of carbonyl (C=O) groups is 4. The van der Waals surface area contributed by atoms with Crippen LogP contribution in [0.5, 0.6) is 23.0 Å². The number of methoxy groups -OCH3 is 2. The van der Waals surface area contributed by atoms with Crippen molar-refractivity contribution in [2.45, 2.75) is 13.8 Å². The molecule has 184 valence electrons. The van der Waals surface area contributed by atoms with E-state index in [1.165, 1.54) is 12.1 Å². The van der Waals surface area contributed by atoms with Gasteiger partial charge in [-0.05, 0) is 38.1 Å². The van der Waals surface area contributed by atoms with Crippen molar-refractivity contribution in [1.29, 1.82) is 0 Å². The van der Waals surface area contributed by atoms with Gasteiger partial charge in [0.25, 0.3) is 11.8 Å². The van der Waals surface area contributed by atoms with Gasteiger partial charge < -0.3 is 40.5 Å². The topological polar surface area (TPSA) is 192 Å². The van der Waals surface area contributed by atoms with Crippen molar-refractivity contribution in [2.24, 2.45) is 0 Å². The minimum Gasteiger partial charge on any atom is -0.504 e. The number of benzene rings is 2. The maximum atomic E-state index is 11.5. The number of rotatable bonds is 6. The summed E-state index contributed by atoms with van der Waals surface area (Å²) in [6.07, 6.45) is 0. The van der Waals surface area contributed by atoms with Gasteiger partial charge in [-0.2, -0.15) is 0 Å². The average Bonchev–Trinajstić information content (AvgIpc) is 2.82. The first-order valence-corrected chi connectivity index (χ1v) is 9.88. The first kappa shape index (κ1) is 27.6. The molecule has 0 saturated heterocycles. The van der Waals surface area contributed by atoms with E-state index in [0.717, 1.165) is 26.4 Å². The van der Waals surface area contributed by atoms with E-state index in [4.69, 9.17) is 0 Å². The molecular weight excluding hydrogens is 452 g/mol. The summed E-state index contributed by atoms with van der Waals surface area (Å²) in [7, 11) is 2.26. The predicted octanol–water partition coefficient (Wildman–Crippen LogP) is 1.27. The quantitative estimate of drug-likeness (QED) is 0.260. The molecule has 0 aromatic heterocycles. The van der Waals surface area contributed by atoms with Crippen molar-refractivity contribution < 1.29 is 49.1 Å². The van der Waals surface area contributed by atoms with Crippen LogP contribution in [-0.2, 0) is 9.47 Å². The Bertz CT molecular complexity index is 998. The lowest BCUT2D eigenvalue weighted by molar-refractivity contribution is 0.0580. The van der Waals surface area contributed by atoms with Gasteiger partial charge in [0.1, 0.15) is 11.1 Å². The van der Waals surface area contributed by atoms with Gasteiger partial charge in [-0.15, -0.1) is 0 Å². The Kier molecular flexibility index (Phi) is 10.2. The molecule has 0 atom stereocenters. The third-order valence-electron chi connectivity index (χ3n) is 4.28. The highest BCUT2D eigenvalue weighted by Crippen LogP contribution is 2.34. The first-order chi connectivity index (χ1) is 16.0. The highest BCUT2D eigenvalue weighted by Gasteiger charge is 2.22. The maximum absolute atomic E-state index is 11.5. The molecule has 0 aliphatic heterocycles. The summed E-state index contributed by atoms with van der Waals surface area (Å²) in [5, 5.41) is 43.3. The van der Waals surface area contributed by atoms with E-state index in [9.17, 15) is 39.6 Å². The summed E-state index contributed by atoms with van der Waals surface area (Å²) in [6.45, 7) is 4.27. The van der Waals surface area contributed by atoms with Crippen LogP contribution in [0, 0.1) is 0 Å². The fraction of sp³-hybridized carbons (Fsp3) is 0.273. The van der Waals surface area contributed by atoms with Crippen LogP contribution < -0.4 is 10.6 Å². The summed E-state index contributed by atoms with van der Waals surface area (Å²) in [6, 6.07) is 4.91. The molecule has 0 radical (unpaired) electrons. The minimum atomic E-state index is -0.816. The maximum Gasteiger partial charge on any atom is 0.341 e. The standard InChI is InChI=1S/C12H16N2O4.C10H10O6/c1-3-13-11(17)7-5-6-8(10(16)9(7)15)12(18)14-4-2;1-15-9(13)5-3-4-6(10(14)16-2)8(12)7(5)11/h5-6,15-16H,3-4H2,1-2H3,(H,13,17)(H,14,18);3-4,11-12H,1-2H3. The van der Waals surface area contributed by atoms with E-state index in [0.29, 0.717) is 13.1 Å². The van der Waals surface area contributed by atoms with E-state index >= 15 is 0 Å². The lowest BCUT2D eigenvalue weighted by atomic mass is 10.1. The largest absolute Gasteiger partial charge is 0.504 e. The van der Waals surface area contributed by atoms with Crippen molar-refractivity contribution in [3.8, 4) is 23.0 Å². The van der Waals surface area contributed by atoms with Crippen LogP contribution in [0.25, 0.3) is 0 Å². The van der Waals surface area contributed by atoms with Crippen LogP contribution >= 0.6 is 0 Å². The number of carbonyl (C=O) groups excluding carboxylic acids is 4. The highest BCUT2D eigenvalue weighted by atomic mass is 16.5. The summed E-state index contributed by atoms with van der Waals surface area (Å²) in [5.74, 6) is -5.26. The van der Waals surface area contributed by atoms with Crippen molar-refractivity contribution in [3.05, 3.63) is 46.5 Å². The van der Waals surface area contributed by atoms with Crippen LogP contribution in [0.1, 0.15) is 55.3 Å². The number of aromatic hydroxyl groups is 4. The van der Waals surface area contributed by atoms with Crippen LogP contribution in [0.2, 0.25) is 0 Å². The van der Waals surface area contributed by atoms with Gasteiger partial charge in [0.05, 0.1) is 25.3 Å². The monoisotopic (exact) mass is 478 g/mol. The number of ether oxygens (including phenoxy) is 2. The highest BCUT2D eigenvalue weighted by molar-refractivity contribution is 6.03. The SMILES string of the molecule is CCNC(=O)c1ccc(C(=O)NCC)c(O)c1O.COC(=O)c1ccc(C(=O)OC)c(O)c1O. The number of phenols is 4. The third kappa shape index (κ3) is 6.28. The predicted molar refractivity (Wildman–Crippen MR) is 118 cm³/mol. The van der Waals surface area contributed by atoms with Crippen molar-refractivity contribution in [2.75, 3.05) is 27.3 Å². The van der Waals surface area contributed by atoms with Crippen molar-refractivity contribution >= 4 is 23.8 Å². The van der Waals surface area contributed by atoms with E-state index in [1.807, 2.05) is 0 Å². The van der Waals surface area contributed by atoms with Crippen LogP contribution in [0.4, 0.5) is 0 Å². The number of hydrogen-bond acceptors (Lipinski definition) is 10. The van der Waals surface area contributed by atoms with E-state index in [-0.39, 0.29) is 22.3 Å². The Balaban J connectivity index is 0.000000342. The fourth-order valence-corrected chi connectivity index (χ4v) is 2.59. The molecule has 0 heterocycles. The molecule has 0 aliphatic carbocycles. The molecule has 12 heteroatoms. The van der Waals surface area contributed by atoms with Gasteiger partial charge in [-0.25, -0.2) is 9.59 Å². The van der Waals surface area contributed by atoms with Crippen molar-refractivity contribution in [3.63, 3.8) is 0 Å². The molecule has 0 unspecified atom stereocenters. The van der Waals surface area contributed by atoms with Gasteiger partial charge in [-0.1, -0.05) is 0 Å². The third-order valence-corrected chi connectivity index (χ3v) is 4.28. The summed E-state index contributed by atoms with van der Waals surface area (Å²) < 4.78 is 8.75. The second-order valence-electron chi connectivity index (χ2n) is 6.42. The molecule has 0 bridgehead atoms. The van der Waals surface area contributed by atoms with Gasteiger partial charge in [0.15, 0.2) is 23.0 Å². The Morgan fingerprint density at radius 2 is 0.882 bits per heavy atom. The lowest BCUT2D eigenvalue weighted by Crippen LogP contribution is -2.24. The minimum absolute atomic E-state index is 0.0672. The second-order valence-corrected chi connectivity index (χ2v) is 6.42. The van der Waals surface area contributed by atoms with E-state index in [1.54, 1.807) is 13.8 Å². The summed E-state index contributed by atoms with van der Waals surface area (Å²) in [4.78, 5) is 45.3. The number of esters is 2. The summed E-state index contributed by atoms with van der Waals surface area (Å²) in [5.41, 5.74) is -0.592. The first-order valence-electron chi connectivity index (χ1n) is 9.88. The zero-order valence-corrected chi connectivity index (χ0v) is 19.0. The molecule has 34 heavy (non-hydrogen) atoms. The Hall–Kier alpha value is -4.48. The lowest BCUT2D eigenvalue weighted by Gasteiger charge is -2.10. The molecule has 12 nitrogen and oxygen atoms in total. The molecule has 2 aromatic rings. The van der Waals surface area contributed by atoms with Gasteiger partial charge in [0.2, 0.25) is 0 Å². The molecular formula is C22H26N2O10. The molecule has 6 N–H and O–H groups in total. The number of phenolic OH excluding ortho intramolecular Hbond substituents is 4. The Morgan fingerprint density at radius 1 is 0.618 bits per heavy atom. The normalized spacial score (nSPS) is 9.76. The van der Waals surface area contributed by atoms with Gasteiger partial charge in [0, 0.05) is 13.1 Å². The molecule has 2 amide bonds. The van der Waals surface area contributed by atoms with Gasteiger partial charge >= 0.3 is 11.9 Å². The van der Waals surface area contributed by atoms with Crippen LogP contribution in [0.3, 0.4) is 0 Å². The summed E-state index contributed by atoms with van der Waals surface area (Å²) >= 11 is 0.